The van der Waals surface area contributed by atoms with Crippen molar-refractivity contribution in [1.29, 1.82) is 0 Å². The van der Waals surface area contributed by atoms with Crippen LogP contribution in [0.1, 0.15) is 18.4 Å². The molecule has 0 aromatic heterocycles. The Labute approximate surface area is 118 Å². The summed E-state index contributed by atoms with van der Waals surface area (Å²) in [5, 5.41) is 7.41. The van der Waals surface area contributed by atoms with E-state index in [1.54, 1.807) is 0 Å². The molecule has 8 heteroatoms. The molecular weight excluding hydrogens is 287 g/mol. The summed E-state index contributed by atoms with van der Waals surface area (Å²) >= 11 is 0. The smallest absolute Gasteiger partial charge is 0.335 e. The Hall–Kier alpha value is -2.25. The summed E-state index contributed by atoms with van der Waals surface area (Å²) < 4.78 is 37.1. The lowest BCUT2D eigenvalue weighted by atomic mass is 10.2. The minimum absolute atomic E-state index is 0.183. The summed E-state index contributed by atoms with van der Waals surface area (Å²) in [7, 11) is 0. The zero-order chi connectivity index (χ0) is 15.5. The molecular formula is C13H14F3N3O2. The Morgan fingerprint density at radius 3 is 2.29 bits per heavy atom. The Morgan fingerprint density at radius 1 is 1.14 bits per heavy atom. The largest absolute Gasteiger partial charge is 0.416 e. The van der Waals surface area contributed by atoms with Gasteiger partial charge in [0.2, 0.25) is 5.91 Å². The average molecular weight is 301 g/mol. The van der Waals surface area contributed by atoms with Crippen LogP contribution in [0.4, 0.5) is 23.7 Å². The molecule has 0 heterocycles. The summed E-state index contributed by atoms with van der Waals surface area (Å²) in [6.07, 6.45) is -2.54. The predicted molar refractivity (Wildman–Crippen MR) is 69.6 cm³/mol. The molecule has 2 rings (SSSR count). The Balaban J connectivity index is 1.77. The third-order valence-electron chi connectivity index (χ3n) is 2.82. The number of rotatable bonds is 4. The molecule has 1 fully saturated rings. The maximum absolute atomic E-state index is 12.4. The molecule has 0 saturated heterocycles. The lowest BCUT2D eigenvalue weighted by Crippen LogP contribution is -2.40. The van der Waals surface area contributed by atoms with Gasteiger partial charge in [0, 0.05) is 11.7 Å². The molecule has 1 aliphatic carbocycles. The van der Waals surface area contributed by atoms with E-state index in [0.29, 0.717) is 0 Å². The third-order valence-corrected chi connectivity index (χ3v) is 2.82. The van der Waals surface area contributed by atoms with E-state index in [-0.39, 0.29) is 18.3 Å². The maximum Gasteiger partial charge on any atom is 0.416 e. The Bertz CT molecular complexity index is 524. The van der Waals surface area contributed by atoms with Crippen LogP contribution < -0.4 is 16.0 Å². The minimum atomic E-state index is -4.41. The first-order valence-electron chi connectivity index (χ1n) is 6.36. The predicted octanol–water partition coefficient (Wildman–Crippen LogP) is 2.11. The number of carbonyl (C=O) groups is 2. The van der Waals surface area contributed by atoms with Crippen molar-refractivity contribution >= 4 is 17.6 Å². The van der Waals surface area contributed by atoms with E-state index < -0.39 is 23.7 Å². The van der Waals surface area contributed by atoms with Gasteiger partial charge in [0.05, 0.1) is 12.1 Å². The van der Waals surface area contributed by atoms with Crippen LogP contribution in [-0.4, -0.2) is 24.5 Å². The van der Waals surface area contributed by atoms with E-state index in [9.17, 15) is 22.8 Å². The monoisotopic (exact) mass is 301 g/mol. The van der Waals surface area contributed by atoms with Gasteiger partial charge in [-0.25, -0.2) is 4.79 Å². The number of hydrogen-bond donors (Lipinski definition) is 3. The number of anilines is 1. The second kappa shape index (κ2) is 6.02. The summed E-state index contributed by atoms with van der Waals surface area (Å²) in [6, 6.07) is 3.82. The van der Waals surface area contributed by atoms with Crippen LogP contribution in [0.15, 0.2) is 24.3 Å². The molecule has 0 radical (unpaired) electrons. The highest BCUT2D eigenvalue weighted by molar-refractivity contribution is 5.94. The molecule has 0 atom stereocenters. The topological polar surface area (TPSA) is 70.2 Å². The highest BCUT2D eigenvalue weighted by atomic mass is 19.4. The van der Waals surface area contributed by atoms with E-state index in [1.165, 1.54) is 0 Å². The summed E-state index contributed by atoms with van der Waals surface area (Å²) in [5.74, 6) is -0.513. The summed E-state index contributed by atoms with van der Waals surface area (Å²) in [4.78, 5) is 22.8. The lowest BCUT2D eigenvalue weighted by molar-refractivity contribution is -0.137. The van der Waals surface area contributed by atoms with Crippen LogP contribution in [-0.2, 0) is 11.0 Å². The summed E-state index contributed by atoms with van der Waals surface area (Å²) in [5.41, 5.74) is -0.556. The van der Waals surface area contributed by atoms with E-state index in [2.05, 4.69) is 16.0 Å². The molecule has 1 saturated carbocycles. The minimum Gasteiger partial charge on any atom is -0.335 e. The van der Waals surface area contributed by atoms with Gasteiger partial charge < -0.3 is 16.0 Å². The molecule has 0 unspecified atom stereocenters. The molecule has 0 bridgehead atoms. The van der Waals surface area contributed by atoms with Crippen LogP contribution in [0.5, 0.6) is 0 Å². The van der Waals surface area contributed by atoms with Gasteiger partial charge in [-0.15, -0.1) is 0 Å². The number of amides is 3. The zero-order valence-electron chi connectivity index (χ0n) is 11.0. The molecule has 21 heavy (non-hydrogen) atoms. The SMILES string of the molecule is O=C(CNC(=O)NC1CC1)Nc1ccc(C(F)(F)F)cc1. The lowest BCUT2D eigenvalue weighted by Gasteiger charge is -2.09. The number of halogens is 3. The first-order valence-corrected chi connectivity index (χ1v) is 6.36. The quantitative estimate of drug-likeness (QED) is 0.797. The number of benzene rings is 1. The van der Waals surface area contributed by atoms with Gasteiger partial charge in [0.1, 0.15) is 0 Å². The fourth-order valence-corrected chi connectivity index (χ4v) is 1.57. The molecule has 3 N–H and O–H groups in total. The van der Waals surface area contributed by atoms with Crippen molar-refractivity contribution in [1.82, 2.24) is 10.6 Å². The van der Waals surface area contributed by atoms with E-state index >= 15 is 0 Å². The van der Waals surface area contributed by atoms with Crippen molar-refractivity contribution in [2.24, 2.45) is 0 Å². The first-order chi connectivity index (χ1) is 9.84. The van der Waals surface area contributed by atoms with Crippen molar-refractivity contribution in [3.63, 3.8) is 0 Å². The molecule has 0 aliphatic heterocycles. The van der Waals surface area contributed by atoms with Gasteiger partial charge in [0.15, 0.2) is 0 Å². The van der Waals surface area contributed by atoms with E-state index in [1.807, 2.05) is 0 Å². The van der Waals surface area contributed by atoms with Gasteiger partial charge in [-0.1, -0.05) is 0 Å². The number of alkyl halides is 3. The van der Waals surface area contributed by atoms with Crippen LogP contribution in [0.25, 0.3) is 0 Å². The third kappa shape index (κ3) is 4.97. The van der Waals surface area contributed by atoms with Crippen LogP contribution in [0.2, 0.25) is 0 Å². The van der Waals surface area contributed by atoms with Crippen LogP contribution in [0, 0.1) is 0 Å². The fourth-order valence-electron chi connectivity index (χ4n) is 1.57. The highest BCUT2D eigenvalue weighted by Gasteiger charge is 2.30. The molecule has 1 aromatic carbocycles. The van der Waals surface area contributed by atoms with Gasteiger partial charge in [-0.3, -0.25) is 4.79 Å². The standard InChI is InChI=1S/C13H14F3N3O2/c14-13(15,16)8-1-3-9(4-2-8)18-11(20)7-17-12(21)19-10-5-6-10/h1-4,10H,5-7H2,(H,18,20)(H2,17,19,21). The molecule has 5 nitrogen and oxygen atoms in total. The second-order valence-electron chi connectivity index (χ2n) is 4.72. The van der Waals surface area contributed by atoms with E-state index in [0.717, 1.165) is 37.1 Å². The first kappa shape index (κ1) is 15.1. The average Bonchev–Trinajstić information content (AvgIpc) is 3.20. The van der Waals surface area contributed by atoms with Gasteiger partial charge in [-0.2, -0.15) is 13.2 Å². The molecule has 1 aromatic rings. The van der Waals surface area contributed by atoms with Crippen molar-refractivity contribution in [3.8, 4) is 0 Å². The molecule has 114 valence electrons. The van der Waals surface area contributed by atoms with E-state index in [4.69, 9.17) is 0 Å². The number of urea groups is 1. The van der Waals surface area contributed by atoms with Crippen molar-refractivity contribution < 1.29 is 22.8 Å². The van der Waals surface area contributed by atoms with Crippen molar-refractivity contribution in [2.45, 2.75) is 25.1 Å². The van der Waals surface area contributed by atoms with Gasteiger partial charge >= 0.3 is 12.2 Å². The fraction of sp³-hybridized carbons (Fsp3) is 0.385. The number of hydrogen-bond acceptors (Lipinski definition) is 2. The number of nitrogens with one attached hydrogen (secondary N) is 3. The van der Waals surface area contributed by atoms with Gasteiger partial charge in [-0.05, 0) is 37.1 Å². The maximum atomic E-state index is 12.4. The van der Waals surface area contributed by atoms with Crippen LogP contribution in [0.3, 0.4) is 0 Å². The highest BCUT2D eigenvalue weighted by Crippen LogP contribution is 2.29. The zero-order valence-corrected chi connectivity index (χ0v) is 11.0. The van der Waals surface area contributed by atoms with Gasteiger partial charge in [0.25, 0.3) is 0 Å². The molecule has 3 amide bonds. The number of carbonyl (C=O) groups excluding carboxylic acids is 2. The molecule has 1 aliphatic rings. The van der Waals surface area contributed by atoms with Crippen molar-refractivity contribution in [2.75, 3.05) is 11.9 Å². The van der Waals surface area contributed by atoms with Crippen LogP contribution >= 0.6 is 0 Å². The molecule has 0 spiro atoms. The normalized spacial score (nSPS) is 14.4. The summed E-state index contributed by atoms with van der Waals surface area (Å²) in [6.45, 7) is -0.250. The Kier molecular flexibility index (Phi) is 4.35. The van der Waals surface area contributed by atoms with Crippen molar-refractivity contribution in [3.05, 3.63) is 29.8 Å². The Morgan fingerprint density at radius 2 is 1.76 bits per heavy atom. The second-order valence-corrected chi connectivity index (χ2v) is 4.72.